The normalized spacial score (nSPS) is 12.4. The fourth-order valence-corrected chi connectivity index (χ4v) is 1.81. The first kappa shape index (κ1) is 16.8. The van der Waals surface area contributed by atoms with Crippen LogP contribution in [0.4, 0.5) is 5.95 Å². The number of aliphatic hydroxyl groups excluding tert-OH is 1. The smallest absolute Gasteiger partial charge is 0.240 e. The van der Waals surface area contributed by atoms with Gasteiger partial charge in [0.15, 0.2) is 5.65 Å². The number of amides is 2. The minimum absolute atomic E-state index is 0.00935. The van der Waals surface area contributed by atoms with Gasteiger partial charge in [-0.25, -0.2) is 9.97 Å². The van der Waals surface area contributed by atoms with E-state index in [-0.39, 0.29) is 42.9 Å². The fraction of sp³-hybridized carbons (Fsp3) is 0.500. The number of imidazole rings is 1. The number of hydrogen-bond acceptors (Lipinski definition) is 6. The lowest BCUT2D eigenvalue weighted by Crippen LogP contribution is -2.37. The van der Waals surface area contributed by atoms with Gasteiger partial charge in [0.05, 0.1) is 19.1 Å². The summed E-state index contributed by atoms with van der Waals surface area (Å²) in [7, 11) is 0. The third-order valence-corrected chi connectivity index (χ3v) is 3.11. The van der Waals surface area contributed by atoms with Crippen LogP contribution in [0.15, 0.2) is 12.5 Å². The molecule has 23 heavy (non-hydrogen) atoms. The highest BCUT2D eigenvalue weighted by molar-refractivity contribution is 5.91. The number of carbonyl (C=O) groups is 2. The monoisotopic (exact) mass is 320 g/mol. The molecule has 0 aromatic carbocycles. The molecule has 0 bridgehead atoms. The van der Waals surface area contributed by atoms with E-state index in [4.69, 9.17) is 5.11 Å². The van der Waals surface area contributed by atoms with Gasteiger partial charge >= 0.3 is 0 Å². The van der Waals surface area contributed by atoms with Crippen molar-refractivity contribution in [1.82, 2.24) is 24.8 Å². The third-order valence-electron chi connectivity index (χ3n) is 3.11. The van der Waals surface area contributed by atoms with Crippen molar-refractivity contribution < 1.29 is 14.7 Å². The van der Waals surface area contributed by atoms with Gasteiger partial charge in [0, 0.05) is 12.0 Å². The van der Waals surface area contributed by atoms with Crippen LogP contribution in [0, 0.1) is 5.92 Å². The molecule has 2 aromatic rings. The zero-order chi connectivity index (χ0) is 17.0. The van der Waals surface area contributed by atoms with Crippen molar-refractivity contribution in [2.24, 2.45) is 5.92 Å². The van der Waals surface area contributed by atoms with Crippen molar-refractivity contribution in [2.45, 2.75) is 33.4 Å². The fourth-order valence-electron chi connectivity index (χ4n) is 1.81. The lowest BCUT2D eigenvalue weighted by atomic mass is 10.2. The summed E-state index contributed by atoms with van der Waals surface area (Å²) in [6.07, 6.45) is 2.97. The summed E-state index contributed by atoms with van der Waals surface area (Å²) in [5.41, 5.74) is 0.974. The number of anilines is 1. The van der Waals surface area contributed by atoms with Crippen LogP contribution < -0.4 is 10.6 Å². The van der Waals surface area contributed by atoms with E-state index in [2.05, 4.69) is 25.6 Å². The highest BCUT2D eigenvalue weighted by atomic mass is 16.3. The molecule has 2 rings (SSSR count). The van der Waals surface area contributed by atoms with Crippen LogP contribution in [0.5, 0.6) is 0 Å². The van der Waals surface area contributed by atoms with E-state index in [1.807, 2.05) is 0 Å². The summed E-state index contributed by atoms with van der Waals surface area (Å²) in [5.74, 6) is -0.478. The van der Waals surface area contributed by atoms with Crippen molar-refractivity contribution in [3.63, 3.8) is 0 Å². The first-order chi connectivity index (χ1) is 10.9. The first-order valence-electron chi connectivity index (χ1n) is 7.29. The molecule has 0 spiro atoms. The molecule has 0 saturated carbocycles. The molecule has 2 amide bonds. The molecule has 0 fully saturated rings. The maximum absolute atomic E-state index is 11.9. The Bertz CT molecular complexity index is 712. The molecule has 124 valence electrons. The van der Waals surface area contributed by atoms with E-state index in [0.717, 1.165) is 0 Å². The highest BCUT2D eigenvalue weighted by Gasteiger charge is 2.13. The van der Waals surface area contributed by atoms with Crippen LogP contribution in [0.3, 0.4) is 0 Å². The molecular weight excluding hydrogens is 300 g/mol. The van der Waals surface area contributed by atoms with E-state index in [1.54, 1.807) is 25.3 Å². The Balaban J connectivity index is 2.18. The van der Waals surface area contributed by atoms with Crippen LogP contribution in [-0.4, -0.2) is 49.1 Å². The Morgan fingerprint density at radius 1 is 1.30 bits per heavy atom. The van der Waals surface area contributed by atoms with Crippen LogP contribution in [-0.2, 0) is 16.1 Å². The standard InChI is InChI=1S/C14H20N6O3/c1-8(2)13(23)19-14-15-4-10-12(18-14)20(7-16-10)5-11(22)17-9(3)6-21/h4,7-9,21H,5-6H2,1-3H3,(H,17,22)(H,15,18,19,23)/t9-/m0/s1. The van der Waals surface area contributed by atoms with Crippen molar-refractivity contribution in [3.05, 3.63) is 12.5 Å². The molecule has 0 unspecified atom stereocenters. The maximum atomic E-state index is 11.9. The Kier molecular flexibility index (Phi) is 5.22. The van der Waals surface area contributed by atoms with Gasteiger partial charge in [0.1, 0.15) is 12.1 Å². The van der Waals surface area contributed by atoms with E-state index >= 15 is 0 Å². The summed E-state index contributed by atoms with van der Waals surface area (Å²) < 4.78 is 1.56. The number of rotatable bonds is 6. The van der Waals surface area contributed by atoms with Crippen molar-refractivity contribution in [3.8, 4) is 0 Å². The number of hydrogen-bond donors (Lipinski definition) is 3. The maximum Gasteiger partial charge on any atom is 0.240 e. The summed E-state index contributed by atoms with van der Waals surface area (Å²) in [5, 5.41) is 14.2. The molecule has 0 aliphatic rings. The number of fused-ring (bicyclic) bond motifs is 1. The van der Waals surface area contributed by atoms with Gasteiger partial charge in [-0.05, 0) is 6.92 Å². The predicted molar refractivity (Wildman–Crippen MR) is 83.5 cm³/mol. The van der Waals surface area contributed by atoms with Gasteiger partial charge in [0.2, 0.25) is 17.8 Å². The number of nitrogens with zero attached hydrogens (tertiary/aromatic N) is 4. The number of aliphatic hydroxyl groups is 1. The summed E-state index contributed by atoms with van der Waals surface area (Å²) in [6.45, 7) is 5.11. The zero-order valence-corrected chi connectivity index (χ0v) is 13.3. The van der Waals surface area contributed by atoms with Gasteiger partial charge in [0.25, 0.3) is 0 Å². The average molecular weight is 320 g/mol. The van der Waals surface area contributed by atoms with Gasteiger partial charge in [-0.2, -0.15) is 4.98 Å². The number of carbonyl (C=O) groups excluding carboxylic acids is 2. The Hall–Kier alpha value is -2.55. The van der Waals surface area contributed by atoms with Crippen LogP contribution in [0.2, 0.25) is 0 Å². The summed E-state index contributed by atoms with van der Waals surface area (Å²) >= 11 is 0. The average Bonchev–Trinajstić information content (AvgIpc) is 2.89. The number of nitrogens with one attached hydrogen (secondary N) is 2. The Morgan fingerprint density at radius 2 is 2.04 bits per heavy atom. The van der Waals surface area contributed by atoms with E-state index in [1.165, 1.54) is 12.5 Å². The van der Waals surface area contributed by atoms with E-state index < -0.39 is 0 Å². The lowest BCUT2D eigenvalue weighted by molar-refractivity contribution is -0.122. The Morgan fingerprint density at radius 3 is 2.70 bits per heavy atom. The van der Waals surface area contributed by atoms with E-state index in [9.17, 15) is 9.59 Å². The molecule has 3 N–H and O–H groups in total. The van der Waals surface area contributed by atoms with Crippen LogP contribution >= 0.6 is 0 Å². The second-order valence-electron chi connectivity index (χ2n) is 5.57. The third kappa shape index (κ3) is 4.22. The van der Waals surface area contributed by atoms with Crippen molar-refractivity contribution in [1.29, 1.82) is 0 Å². The predicted octanol–water partition coefficient (Wildman–Crippen LogP) is -0.0822. The number of aromatic nitrogens is 4. The first-order valence-corrected chi connectivity index (χ1v) is 7.29. The second kappa shape index (κ2) is 7.14. The minimum atomic E-state index is -0.326. The van der Waals surface area contributed by atoms with Crippen molar-refractivity contribution in [2.75, 3.05) is 11.9 Å². The summed E-state index contributed by atoms with van der Waals surface area (Å²) in [6, 6.07) is -0.326. The largest absolute Gasteiger partial charge is 0.394 e. The minimum Gasteiger partial charge on any atom is -0.394 e. The zero-order valence-electron chi connectivity index (χ0n) is 13.3. The SMILES string of the molecule is CC(C)C(=O)Nc1ncc2ncn(CC(=O)N[C@@H](C)CO)c2n1. The second-order valence-corrected chi connectivity index (χ2v) is 5.57. The molecule has 2 aromatic heterocycles. The molecule has 9 heteroatoms. The topological polar surface area (TPSA) is 122 Å². The molecule has 0 saturated heterocycles. The quantitative estimate of drug-likeness (QED) is 0.684. The van der Waals surface area contributed by atoms with Gasteiger partial charge in [-0.3, -0.25) is 14.9 Å². The van der Waals surface area contributed by atoms with Crippen LogP contribution in [0.1, 0.15) is 20.8 Å². The molecule has 0 aliphatic heterocycles. The Labute approximate surface area is 133 Å². The molecule has 0 radical (unpaired) electrons. The van der Waals surface area contributed by atoms with Gasteiger partial charge in [-0.15, -0.1) is 0 Å². The highest BCUT2D eigenvalue weighted by Crippen LogP contribution is 2.12. The molecular formula is C14H20N6O3. The van der Waals surface area contributed by atoms with Crippen molar-refractivity contribution >= 4 is 28.9 Å². The van der Waals surface area contributed by atoms with Gasteiger partial charge in [-0.1, -0.05) is 13.8 Å². The summed E-state index contributed by atoms with van der Waals surface area (Å²) in [4.78, 5) is 36.0. The lowest BCUT2D eigenvalue weighted by Gasteiger charge is -2.11. The molecule has 2 heterocycles. The molecule has 9 nitrogen and oxygen atoms in total. The molecule has 1 atom stereocenters. The van der Waals surface area contributed by atoms with Gasteiger partial charge < -0.3 is 15.0 Å². The van der Waals surface area contributed by atoms with Crippen LogP contribution in [0.25, 0.3) is 11.2 Å². The van der Waals surface area contributed by atoms with E-state index in [0.29, 0.717) is 11.2 Å². The molecule has 0 aliphatic carbocycles.